The van der Waals surface area contributed by atoms with Crippen LogP contribution in [0, 0.1) is 17.3 Å². The topological polar surface area (TPSA) is 0 Å². The summed E-state index contributed by atoms with van der Waals surface area (Å²) in [6.07, 6.45) is 5.78. The van der Waals surface area contributed by atoms with E-state index in [-0.39, 0.29) is 0 Å². The van der Waals surface area contributed by atoms with Gasteiger partial charge in [-0.1, -0.05) is 6.92 Å². The van der Waals surface area contributed by atoms with Gasteiger partial charge >= 0.3 is 0 Å². The predicted molar refractivity (Wildman–Crippen MR) is 44.3 cm³/mol. The molecule has 0 aromatic carbocycles. The van der Waals surface area contributed by atoms with E-state index >= 15 is 0 Å². The average Bonchev–Trinajstić information content (AvgIpc) is 2.73. The summed E-state index contributed by atoms with van der Waals surface area (Å²) in [5.74, 6) is 2.86. The Bertz CT molecular complexity index is 122. The maximum atomic E-state index is 5.98. The van der Waals surface area contributed by atoms with Gasteiger partial charge in [-0.3, -0.25) is 0 Å². The molecule has 0 aromatic heterocycles. The molecule has 0 aromatic rings. The Morgan fingerprint density at radius 3 is 1.80 bits per heavy atom. The first-order valence-electron chi connectivity index (χ1n) is 4.33. The van der Waals surface area contributed by atoms with E-state index in [4.69, 9.17) is 11.6 Å². The van der Waals surface area contributed by atoms with Crippen molar-refractivity contribution in [3.05, 3.63) is 0 Å². The Kier molecular flexibility index (Phi) is 1.49. The zero-order chi connectivity index (χ0) is 7.19. The average molecular weight is 159 g/mol. The highest BCUT2D eigenvalue weighted by Gasteiger charge is 2.50. The summed E-state index contributed by atoms with van der Waals surface area (Å²) in [7, 11) is 0. The van der Waals surface area contributed by atoms with Gasteiger partial charge in [0.1, 0.15) is 0 Å². The number of rotatable bonds is 3. The molecule has 58 valence electrons. The van der Waals surface area contributed by atoms with Gasteiger partial charge in [-0.2, -0.15) is 0 Å². The number of hydrogen-bond acceptors (Lipinski definition) is 0. The SMILES string of the molecule is CC(CCl)(C1CC1)C1CC1. The van der Waals surface area contributed by atoms with Crippen molar-refractivity contribution in [3.63, 3.8) is 0 Å². The predicted octanol–water partition coefficient (Wildman–Crippen LogP) is 3.05. The third kappa shape index (κ3) is 0.972. The van der Waals surface area contributed by atoms with E-state index in [1.807, 2.05) is 0 Å². The molecule has 2 saturated carbocycles. The first-order chi connectivity index (χ1) is 4.77. The smallest absolute Gasteiger partial charge is 0.0282 e. The third-order valence-electron chi connectivity index (χ3n) is 3.31. The lowest BCUT2D eigenvalue weighted by atomic mass is 9.82. The van der Waals surface area contributed by atoms with Gasteiger partial charge in [-0.05, 0) is 42.9 Å². The van der Waals surface area contributed by atoms with Crippen molar-refractivity contribution in [3.8, 4) is 0 Å². The Labute approximate surface area is 68.0 Å². The largest absolute Gasteiger partial charge is 0.126 e. The minimum atomic E-state index is 0.529. The molecule has 0 saturated heterocycles. The fourth-order valence-corrected chi connectivity index (χ4v) is 2.47. The van der Waals surface area contributed by atoms with E-state index in [0.717, 1.165) is 17.7 Å². The standard InChI is InChI=1S/C9H15Cl/c1-9(6-10,7-2-3-7)8-4-5-8/h7-8H,2-6H2,1H3. The van der Waals surface area contributed by atoms with Crippen LogP contribution in [0.25, 0.3) is 0 Å². The molecule has 1 heteroatoms. The molecule has 0 atom stereocenters. The molecular weight excluding hydrogens is 144 g/mol. The molecule has 0 nitrogen and oxygen atoms in total. The molecule has 2 aliphatic rings. The third-order valence-corrected chi connectivity index (χ3v) is 3.88. The normalized spacial score (nSPS) is 27.0. The number of alkyl halides is 1. The summed E-state index contributed by atoms with van der Waals surface area (Å²) in [5, 5.41) is 0. The molecule has 2 fully saturated rings. The van der Waals surface area contributed by atoms with Crippen molar-refractivity contribution in [1.82, 2.24) is 0 Å². The summed E-state index contributed by atoms with van der Waals surface area (Å²) < 4.78 is 0. The Hall–Kier alpha value is 0.290. The zero-order valence-corrected chi connectivity index (χ0v) is 7.32. The molecule has 0 heterocycles. The molecule has 0 bridgehead atoms. The fraction of sp³-hybridized carbons (Fsp3) is 1.00. The van der Waals surface area contributed by atoms with Crippen LogP contribution in [-0.2, 0) is 0 Å². The van der Waals surface area contributed by atoms with Crippen LogP contribution >= 0.6 is 11.6 Å². The molecule has 0 amide bonds. The van der Waals surface area contributed by atoms with Crippen molar-refractivity contribution in [2.75, 3.05) is 5.88 Å². The first kappa shape index (κ1) is 6.97. The molecular formula is C9H15Cl. The van der Waals surface area contributed by atoms with Crippen LogP contribution in [0.15, 0.2) is 0 Å². The second kappa shape index (κ2) is 2.14. The van der Waals surface area contributed by atoms with E-state index in [1.54, 1.807) is 0 Å². The molecule has 10 heavy (non-hydrogen) atoms. The maximum absolute atomic E-state index is 5.98. The minimum absolute atomic E-state index is 0.529. The van der Waals surface area contributed by atoms with E-state index in [2.05, 4.69) is 6.92 Å². The van der Waals surface area contributed by atoms with Crippen LogP contribution in [0.5, 0.6) is 0 Å². The summed E-state index contributed by atoms with van der Waals surface area (Å²) in [5.41, 5.74) is 0.529. The Balaban J connectivity index is 2.03. The summed E-state index contributed by atoms with van der Waals surface area (Å²) >= 11 is 5.98. The van der Waals surface area contributed by atoms with Gasteiger partial charge in [0.2, 0.25) is 0 Å². The quantitative estimate of drug-likeness (QED) is 0.554. The van der Waals surface area contributed by atoms with Crippen LogP contribution in [0.1, 0.15) is 32.6 Å². The van der Waals surface area contributed by atoms with Crippen LogP contribution in [0.2, 0.25) is 0 Å². The highest BCUT2D eigenvalue weighted by atomic mass is 35.5. The molecule has 2 aliphatic carbocycles. The highest BCUT2D eigenvalue weighted by molar-refractivity contribution is 6.18. The van der Waals surface area contributed by atoms with Gasteiger partial charge in [0, 0.05) is 5.88 Å². The maximum Gasteiger partial charge on any atom is 0.0282 e. The van der Waals surface area contributed by atoms with Crippen molar-refractivity contribution < 1.29 is 0 Å². The lowest BCUT2D eigenvalue weighted by molar-refractivity contribution is 0.265. The fourth-order valence-electron chi connectivity index (χ4n) is 2.04. The summed E-state index contributed by atoms with van der Waals surface area (Å²) in [6, 6.07) is 0. The molecule has 0 N–H and O–H groups in total. The second-order valence-electron chi connectivity index (χ2n) is 4.19. The molecule has 0 radical (unpaired) electrons. The lowest BCUT2D eigenvalue weighted by Gasteiger charge is -2.26. The van der Waals surface area contributed by atoms with Gasteiger partial charge < -0.3 is 0 Å². The van der Waals surface area contributed by atoms with Gasteiger partial charge in [0.15, 0.2) is 0 Å². The van der Waals surface area contributed by atoms with Crippen LogP contribution < -0.4 is 0 Å². The lowest BCUT2D eigenvalue weighted by Crippen LogP contribution is -2.23. The Morgan fingerprint density at radius 1 is 1.20 bits per heavy atom. The zero-order valence-electron chi connectivity index (χ0n) is 6.57. The van der Waals surface area contributed by atoms with Gasteiger partial charge in [-0.15, -0.1) is 11.6 Å². The Morgan fingerprint density at radius 2 is 1.60 bits per heavy atom. The number of hydrogen-bond donors (Lipinski definition) is 0. The molecule has 2 rings (SSSR count). The highest BCUT2D eigenvalue weighted by Crippen LogP contribution is 2.58. The molecule has 0 unspecified atom stereocenters. The molecule has 0 spiro atoms. The van der Waals surface area contributed by atoms with Crippen molar-refractivity contribution >= 4 is 11.6 Å². The van der Waals surface area contributed by atoms with Crippen molar-refractivity contribution in [2.24, 2.45) is 17.3 Å². The van der Waals surface area contributed by atoms with E-state index in [0.29, 0.717) is 5.41 Å². The summed E-state index contributed by atoms with van der Waals surface area (Å²) in [4.78, 5) is 0. The van der Waals surface area contributed by atoms with Crippen molar-refractivity contribution in [2.45, 2.75) is 32.6 Å². The van der Waals surface area contributed by atoms with Crippen LogP contribution in [-0.4, -0.2) is 5.88 Å². The number of halogens is 1. The van der Waals surface area contributed by atoms with Gasteiger partial charge in [-0.25, -0.2) is 0 Å². The second-order valence-corrected chi connectivity index (χ2v) is 4.46. The van der Waals surface area contributed by atoms with Crippen LogP contribution in [0.4, 0.5) is 0 Å². The van der Waals surface area contributed by atoms with Gasteiger partial charge in [0.25, 0.3) is 0 Å². The van der Waals surface area contributed by atoms with Gasteiger partial charge in [0.05, 0.1) is 0 Å². The minimum Gasteiger partial charge on any atom is -0.126 e. The first-order valence-corrected chi connectivity index (χ1v) is 4.87. The van der Waals surface area contributed by atoms with E-state index in [1.165, 1.54) is 25.7 Å². The molecule has 0 aliphatic heterocycles. The monoisotopic (exact) mass is 158 g/mol. The van der Waals surface area contributed by atoms with Crippen molar-refractivity contribution in [1.29, 1.82) is 0 Å². The van der Waals surface area contributed by atoms with E-state index < -0.39 is 0 Å². The van der Waals surface area contributed by atoms with Crippen LogP contribution in [0.3, 0.4) is 0 Å². The van der Waals surface area contributed by atoms with E-state index in [9.17, 15) is 0 Å². The summed E-state index contributed by atoms with van der Waals surface area (Å²) in [6.45, 7) is 2.38.